The van der Waals surface area contributed by atoms with Crippen LogP contribution < -0.4 is 5.32 Å². The molecular formula is C15H21N5OS. The fraction of sp³-hybridized carbons (Fsp3) is 0.467. The second kappa shape index (κ2) is 7.42. The van der Waals surface area contributed by atoms with Crippen LogP contribution in [0.4, 0.5) is 4.79 Å². The molecule has 118 valence electrons. The summed E-state index contributed by atoms with van der Waals surface area (Å²) in [5.74, 6) is 0. The van der Waals surface area contributed by atoms with Crippen LogP contribution >= 0.6 is 11.3 Å². The van der Waals surface area contributed by atoms with Crippen molar-refractivity contribution in [3.63, 3.8) is 0 Å². The molecule has 2 amide bonds. The van der Waals surface area contributed by atoms with Gasteiger partial charge in [0, 0.05) is 50.0 Å². The van der Waals surface area contributed by atoms with Crippen molar-refractivity contribution in [2.45, 2.75) is 13.1 Å². The minimum atomic E-state index is 0.0418. The van der Waals surface area contributed by atoms with Gasteiger partial charge < -0.3 is 10.2 Å². The fourth-order valence-electron chi connectivity index (χ4n) is 2.54. The van der Waals surface area contributed by atoms with Gasteiger partial charge >= 0.3 is 6.03 Å². The van der Waals surface area contributed by atoms with Gasteiger partial charge in [0.05, 0.1) is 13.1 Å². The maximum atomic E-state index is 12.1. The van der Waals surface area contributed by atoms with Crippen molar-refractivity contribution in [1.29, 1.82) is 0 Å². The zero-order valence-electron chi connectivity index (χ0n) is 12.5. The van der Waals surface area contributed by atoms with Crippen molar-refractivity contribution in [3.05, 3.63) is 40.8 Å². The summed E-state index contributed by atoms with van der Waals surface area (Å²) < 4.78 is 1.94. The molecule has 1 aliphatic heterocycles. The topological polar surface area (TPSA) is 53.4 Å². The second-order valence-electron chi connectivity index (χ2n) is 5.34. The van der Waals surface area contributed by atoms with E-state index < -0.39 is 0 Å². The van der Waals surface area contributed by atoms with Crippen molar-refractivity contribution < 1.29 is 4.79 Å². The maximum Gasteiger partial charge on any atom is 0.317 e. The van der Waals surface area contributed by atoms with Crippen molar-refractivity contribution in [1.82, 2.24) is 24.9 Å². The SMILES string of the molecule is O=C(NCc1cccs1)N1CCN(CCn2cccn2)CC1. The summed E-state index contributed by atoms with van der Waals surface area (Å²) in [5.41, 5.74) is 0. The van der Waals surface area contributed by atoms with Gasteiger partial charge in [0.25, 0.3) is 0 Å². The summed E-state index contributed by atoms with van der Waals surface area (Å²) in [6.07, 6.45) is 3.78. The molecule has 0 aromatic carbocycles. The van der Waals surface area contributed by atoms with Crippen LogP contribution in [0.5, 0.6) is 0 Å². The van der Waals surface area contributed by atoms with Crippen molar-refractivity contribution >= 4 is 17.4 Å². The third-order valence-electron chi connectivity index (χ3n) is 3.86. The lowest BCUT2D eigenvalue weighted by molar-refractivity contribution is 0.135. The van der Waals surface area contributed by atoms with Gasteiger partial charge in [0.2, 0.25) is 0 Å². The number of piperazine rings is 1. The highest BCUT2D eigenvalue weighted by Gasteiger charge is 2.20. The van der Waals surface area contributed by atoms with Crippen LogP contribution in [0.1, 0.15) is 4.88 Å². The first kappa shape index (κ1) is 15.1. The number of nitrogens with one attached hydrogen (secondary N) is 1. The Morgan fingerprint density at radius 2 is 2.09 bits per heavy atom. The van der Waals surface area contributed by atoms with E-state index in [1.54, 1.807) is 17.5 Å². The third-order valence-corrected chi connectivity index (χ3v) is 4.73. The zero-order valence-corrected chi connectivity index (χ0v) is 13.3. The summed E-state index contributed by atoms with van der Waals surface area (Å²) in [6, 6.07) is 6.03. The molecular weight excluding hydrogens is 298 g/mol. The number of rotatable bonds is 5. The molecule has 0 atom stereocenters. The lowest BCUT2D eigenvalue weighted by Gasteiger charge is -2.34. The average molecular weight is 319 g/mol. The average Bonchev–Trinajstić information content (AvgIpc) is 3.24. The van der Waals surface area contributed by atoms with Gasteiger partial charge in [-0.1, -0.05) is 6.07 Å². The van der Waals surface area contributed by atoms with E-state index in [1.165, 1.54) is 4.88 Å². The molecule has 0 aliphatic carbocycles. The highest BCUT2D eigenvalue weighted by Crippen LogP contribution is 2.08. The van der Waals surface area contributed by atoms with E-state index in [9.17, 15) is 4.79 Å². The molecule has 22 heavy (non-hydrogen) atoms. The number of nitrogens with zero attached hydrogens (tertiary/aromatic N) is 4. The van der Waals surface area contributed by atoms with Crippen LogP contribution in [0.15, 0.2) is 36.0 Å². The largest absolute Gasteiger partial charge is 0.333 e. The molecule has 0 saturated carbocycles. The molecule has 7 heteroatoms. The Morgan fingerprint density at radius 1 is 1.23 bits per heavy atom. The summed E-state index contributed by atoms with van der Waals surface area (Å²) >= 11 is 1.67. The quantitative estimate of drug-likeness (QED) is 0.908. The number of aromatic nitrogens is 2. The molecule has 6 nitrogen and oxygen atoms in total. The lowest BCUT2D eigenvalue weighted by Crippen LogP contribution is -2.52. The monoisotopic (exact) mass is 319 g/mol. The molecule has 1 aliphatic rings. The Hall–Kier alpha value is -1.86. The van der Waals surface area contributed by atoms with Gasteiger partial charge in [-0.3, -0.25) is 9.58 Å². The number of carbonyl (C=O) groups excluding carboxylic acids is 1. The van der Waals surface area contributed by atoms with Crippen LogP contribution in [0, 0.1) is 0 Å². The van der Waals surface area contributed by atoms with Crippen LogP contribution in [-0.4, -0.2) is 58.3 Å². The van der Waals surface area contributed by atoms with E-state index in [1.807, 2.05) is 39.4 Å². The number of thiophene rings is 1. The molecule has 3 heterocycles. The Labute approximate surface area is 134 Å². The Bertz CT molecular complexity index is 561. The van der Waals surface area contributed by atoms with E-state index in [2.05, 4.69) is 15.3 Å². The van der Waals surface area contributed by atoms with Gasteiger partial charge in [-0.2, -0.15) is 5.10 Å². The van der Waals surface area contributed by atoms with E-state index >= 15 is 0 Å². The van der Waals surface area contributed by atoms with E-state index in [0.29, 0.717) is 6.54 Å². The summed E-state index contributed by atoms with van der Waals surface area (Å²) in [4.78, 5) is 17.6. The first-order valence-corrected chi connectivity index (χ1v) is 8.44. The van der Waals surface area contributed by atoms with Crippen LogP contribution in [0.25, 0.3) is 0 Å². The van der Waals surface area contributed by atoms with Gasteiger partial charge in [0.15, 0.2) is 0 Å². The predicted octanol–water partition coefficient (Wildman–Crippen LogP) is 1.47. The lowest BCUT2D eigenvalue weighted by atomic mass is 10.3. The smallest absolute Gasteiger partial charge is 0.317 e. The third kappa shape index (κ3) is 4.08. The number of hydrogen-bond donors (Lipinski definition) is 1. The highest BCUT2D eigenvalue weighted by molar-refractivity contribution is 7.09. The normalized spacial score (nSPS) is 15.9. The molecule has 0 radical (unpaired) electrons. The number of carbonyl (C=O) groups is 1. The summed E-state index contributed by atoms with van der Waals surface area (Å²) in [5, 5.41) is 9.23. The Morgan fingerprint density at radius 3 is 2.77 bits per heavy atom. The van der Waals surface area contributed by atoms with E-state index in [0.717, 1.165) is 39.3 Å². The minimum Gasteiger partial charge on any atom is -0.333 e. The second-order valence-corrected chi connectivity index (χ2v) is 6.37. The molecule has 1 N–H and O–H groups in total. The molecule has 2 aromatic rings. The summed E-state index contributed by atoms with van der Waals surface area (Å²) in [6.45, 7) is 5.92. The predicted molar refractivity (Wildman–Crippen MR) is 86.8 cm³/mol. The first-order valence-electron chi connectivity index (χ1n) is 7.56. The molecule has 3 rings (SSSR count). The Balaban J connectivity index is 1.36. The van der Waals surface area contributed by atoms with Crippen molar-refractivity contribution in [2.75, 3.05) is 32.7 Å². The number of urea groups is 1. The zero-order chi connectivity index (χ0) is 15.2. The summed E-state index contributed by atoms with van der Waals surface area (Å²) in [7, 11) is 0. The van der Waals surface area contributed by atoms with Gasteiger partial charge in [-0.15, -0.1) is 11.3 Å². The van der Waals surface area contributed by atoms with Gasteiger partial charge in [0.1, 0.15) is 0 Å². The molecule has 1 fully saturated rings. The van der Waals surface area contributed by atoms with Crippen molar-refractivity contribution in [3.8, 4) is 0 Å². The highest BCUT2D eigenvalue weighted by atomic mass is 32.1. The molecule has 2 aromatic heterocycles. The van der Waals surface area contributed by atoms with E-state index in [4.69, 9.17) is 0 Å². The van der Waals surface area contributed by atoms with Crippen molar-refractivity contribution in [2.24, 2.45) is 0 Å². The molecule has 0 unspecified atom stereocenters. The van der Waals surface area contributed by atoms with E-state index in [-0.39, 0.29) is 6.03 Å². The van der Waals surface area contributed by atoms with Crippen LogP contribution in [0.2, 0.25) is 0 Å². The Kier molecular flexibility index (Phi) is 5.07. The molecule has 0 bridgehead atoms. The minimum absolute atomic E-state index is 0.0418. The first-order chi connectivity index (χ1) is 10.8. The number of hydrogen-bond acceptors (Lipinski definition) is 4. The standard InChI is InChI=1S/C15H21N5OS/c21-15(16-13-14-3-1-12-22-14)19-9-6-18(7-10-19)8-11-20-5-2-4-17-20/h1-5,12H,6-11,13H2,(H,16,21). The fourth-order valence-corrected chi connectivity index (χ4v) is 3.18. The van der Waals surface area contributed by atoms with Gasteiger partial charge in [-0.05, 0) is 17.5 Å². The number of amides is 2. The van der Waals surface area contributed by atoms with Crippen LogP contribution in [0.3, 0.4) is 0 Å². The van der Waals surface area contributed by atoms with Gasteiger partial charge in [-0.25, -0.2) is 4.79 Å². The maximum absolute atomic E-state index is 12.1. The molecule has 1 saturated heterocycles. The molecule has 0 spiro atoms. The van der Waals surface area contributed by atoms with Crippen LogP contribution in [-0.2, 0) is 13.1 Å².